The Hall–Kier alpha value is -0.780. The Morgan fingerprint density at radius 1 is 1.58 bits per heavy atom. The van der Waals surface area contributed by atoms with Crippen molar-refractivity contribution in [3.63, 3.8) is 0 Å². The van der Waals surface area contributed by atoms with Crippen LogP contribution in [0.1, 0.15) is 0 Å². The molecule has 66 valence electrons. The van der Waals surface area contributed by atoms with E-state index in [1.54, 1.807) is 0 Å². The third-order valence-electron chi connectivity index (χ3n) is 1.13. The zero-order chi connectivity index (χ0) is 9.14. The fraction of sp³-hybridized carbons (Fsp3) is 0. The van der Waals surface area contributed by atoms with Crippen LogP contribution in [0.2, 0.25) is 5.02 Å². The van der Waals surface area contributed by atoms with Gasteiger partial charge in [-0.1, -0.05) is 11.6 Å². The van der Waals surface area contributed by atoms with Crippen LogP contribution in [0.4, 0.5) is 5.69 Å². The molecule has 4 nitrogen and oxygen atoms in total. The molecule has 6 heteroatoms. The molecule has 1 unspecified atom stereocenters. The predicted molar refractivity (Wildman–Crippen MR) is 45.4 cm³/mol. The van der Waals surface area contributed by atoms with Crippen molar-refractivity contribution >= 4 is 28.6 Å². The second-order valence-corrected chi connectivity index (χ2v) is 2.95. The van der Waals surface area contributed by atoms with E-state index in [2.05, 4.69) is 4.18 Å². The first-order chi connectivity index (χ1) is 5.59. The fourth-order valence-corrected chi connectivity index (χ4v) is 1.03. The highest BCUT2D eigenvalue weighted by Gasteiger charge is 1.98. The van der Waals surface area contributed by atoms with Crippen LogP contribution < -0.4 is 9.92 Å². The minimum absolute atomic E-state index is 0.144. The van der Waals surface area contributed by atoms with Crippen molar-refractivity contribution in [1.29, 1.82) is 0 Å². The SMILES string of the molecule is Nc1cc(OS(=O)[O-])ccc1Cl. The molecular weight excluding hydrogens is 202 g/mol. The molecule has 0 heterocycles. The molecule has 1 atom stereocenters. The molecule has 1 aromatic rings. The minimum Gasteiger partial charge on any atom is -0.740 e. The second-order valence-electron chi connectivity index (χ2n) is 1.97. The van der Waals surface area contributed by atoms with Gasteiger partial charge < -0.3 is 14.5 Å². The van der Waals surface area contributed by atoms with Gasteiger partial charge in [0.2, 0.25) is 0 Å². The first-order valence-electron chi connectivity index (χ1n) is 2.92. The molecule has 0 saturated carbocycles. The van der Waals surface area contributed by atoms with Gasteiger partial charge in [-0.05, 0) is 12.1 Å². The average molecular weight is 207 g/mol. The Morgan fingerprint density at radius 3 is 2.75 bits per heavy atom. The molecule has 0 spiro atoms. The van der Waals surface area contributed by atoms with Gasteiger partial charge >= 0.3 is 0 Å². The van der Waals surface area contributed by atoms with Gasteiger partial charge in [0, 0.05) is 6.07 Å². The third kappa shape index (κ3) is 2.37. The summed E-state index contributed by atoms with van der Waals surface area (Å²) in [6, 6.07) is 4.20. The number of hydrogen-bond acceptors (Lipinski definition) is 4. The molecule has 0 saturated heterocycles. The smallest absolute Gasteiger partial charge is 0.141 e. The predicted octanol–water partition coefficient (Wildman–Crippen LogP) is 1.10. The Kier molecular flexibility index (Phi) is 2.91. The van der Waals surface area contributed by atoms with Gasteiger partial charge in [-0.25, -0.2) is 4.21 Å². The van der Waals surface area contributed by atoms with E-state index < -0.39 is 11.4 Å². The summed E-state index contributed by atoms with van der Waals surface area (Å²) in [6.45, 7) is 0. The summed E-state index contributed by atoms with van der Waals surface area (Å²) >= 11 is 3.00. The second kappa shape index (κ2) is 3.75. The number of hydrogen-bond donors (Lipinski definition) is 1. The number of halogens is 1. The highest BCUT2D eigenvalue weighted by Crippen LogP contribution is 2.23. The normalized spacial score (nSPS) is 12.5. The van der Waals surface area contributed by atoms with E-state index in [4.69, 9.17) is 17.3 Å². The Bertz CT molecular complexity index is 318. The van der Waals surface area contributed by atoms with Gasteiger partial charge in [0.15, 0.2) is 0 Å². The van der Waals surface area contributed by atoms with E-state index in [1.807, 2.05) is 0 Å². The summed E-state index contributed by atoms with van der Waals surface area (Å²) in [5.41, 5.74) is 5.66. The molecule has 0 aliphatic rings. The third-order valence-corrected chi connectivity index (χ3v) is 1.80. The Labute approximate surface area is 76.8 Å². The van der Waals surface area contributed by atoms with Crippen molar-refractivity contribution in [1.82, 2.24) is 0 Å². The van der Waals surface area contributed by atoms with Gasteiger partial charge in [0.1, 0.15) is 17.1 Å². The van der Waals surface area contributed by atoms with Gasteiger partial charge in [0.25, 0.3) is 0 Å². The molecule has 0 aromatic heterocycles. The van der Waals surface area contributed by atoms with Crippen LogP contribution in [0.15, 0.2) is 18.2 Å². The zero-order valence-electron chi connectivity index (χ0n) is 5.82. The van der Waals surface area contributed by atoms with Crippen molar-refractivity contribution in [3.8, 4) is 5.75 Å². The summed E-state index contributed by atoms with van der Waals surface area (Å²) in [5.74, 6) is 0.144. The maximum atomic E-state index is 10.1. The Balaban J connectivity index is 2.89. The van der Waals surface area contributed by atoms with Crippen molar-refractivity contribution in [2.24, 2.45) is 0 Å². The quantitative estimate of drug-likeness (QED) is 0.581. The lowest BCUT2D eigenvalue weighted by Gasteiger charge is -2.07. The standard InChI is InChI=1S/C6H6ClNO3S/c7-5-2-1-4(3-6(5)8)11-12(9)10/h1-3H,8H2,(H,9,10)/p-1. The van der Waals surface area contributed by atoms with Crippen LogP contribution in [0.25, 0.3) is 0 Å². The van der Waals surface area contributed by atoms with Gasteiger partial charge in [0.05, 0.1) is 10.7 Å². The lowest BCUT2D eigenvalue weighted by atomic mass is 10.3. The van der Waals surface area contributed by atoms with Crippen molar-refractivity contribution in [3.05, 3.63) is 23.2 Å². The monoisotopic (exact) mass is 206 g/mol. The number of nitrogens with two attached hydrogens (primary N) is 1. The van der Waals surface area contributed by atoms with E-state index in [0.717, 1.165) is 0 Å². The van der Waals surface area contributed by atoms with Crippen LogP contribution in [-0.4, -0.2) is 8.76 Å². The molecule has 0 aliphatic heterocycles. The molecule has 0 aliphatic carbocycles. The summed E-state index contributed by atoms with van der Waals surface area (Å²) in [4.78, 5) is 0. The molecule has 1 aromatic carbocycles. The van der Waals surface area contributed by atoms with Crippen LogP contribution in [0, 0.1) is 0 Å². The maximum absolute atomic E-state index is 10.1. The van der Waals surface area contributed by atoms with Crippen LogP contribution in [0.5, 0.6) is 5.75 Å². The molecule has 0 bridgehead atoms. The fourth-order valence-electron chi connectivity index (χ4n) is 0.652. The molecule has 0 fully saturated rings. The lowest BCUT2D eigenvalue weighted by molar-refractivity contribution is 0.440. The summed E-state index contributed by atoms with van der Waals surface area (Å²) in [7, 11) is 0. The molecule has 0 amide bonds. The topological polar surface area (TPSA) is 75.4 Å². The highest BCUT2D eigenvalue weighted by molar-refractivity contribution is 7.74. The number of rotatable bonds is 2. The van der Waals surface area contributed by atoms with Crippen LogP contribution in [0.3, 0.4) is 0 Å². The molecular formula is C6H5ClNO3S-. The van der Waals surface area contributed by atoms with Crippen molar-refractivity contribution in [2.45, 2.75) is 0 Å². The van der Waals surface area contributed by atoms with Crippen molar-refractivity contribution in [2.75, 3.05) is 5.73 Å². The average Bonchev–Trinajstić information content (AvgIpc) is 1.96. The highest BCUT2D eigenvalue weighted by atomic mass is 35.5. The van der Waals surface area contributed by atoms with Gasteiger partial charge in [-0.3, -0.25) is 0 Å². The van der Waals surface area contributed by atoms with E-state index in [9.17, 15) is 8.76 Å². The Morgan fingerprint density at radius 2 is 2.25 bits per heavy atom. The first kappa shape index (κ1) is 9.31. The molecule has 0 radical (unpaired) electrons. The molecule has 2 N–H and O–H groups in total. The van der Waals surface area contributed by atoms with E-state index in [-0.39, 0.29) is 11.4 Å². The van der Waals surface area contributed by atoms with Crippen molar-refractivity contribution < 1.29 is 12.9 Å². The van der Waals surface area contributed by atoms with E-state index in [1.165, 1.54) is 18.2 Å². The van der Waals surface area contributed by atoms with Crippen LogP contribution >= 0.6 is 11.6 Å². The van der Waals surface area contributed by atoms with Crippen LogP contribution in [-0.2, 0) is 11.4 Å². The largest absolute Gasteiger partial charge is 0.740 e. The summed E-state index contributed by atoms with van der Waals surface area (Å²) < 4.78 is 24.5. The molecule has 12 heavy (non-hydrogen) atoms. The number of nitrogen functional groups attached to an aromatic ring is 1. The number of benzene rings is 1. The van der Waals surface area contributed by atoms with Gasteiger partial charge in [-0.15, -0.1) is 0 Å². The van der Waals surface area contributed by atoms with Gasteiger partial charge in [-0.2, -0.15) is 0 Å². The van der Waals surface area contributed by atoms with E-state index in [0.29, 0.717) is 5.02 Å². The van der Waals surface area contributed by atoms with E-state index >= 15 is 0 Å². The maximum Gasteiger partial charge on any atom is 0.141 e. The summed E-state index contributed by atoms with van der Waals surface area (Å²) in [5, 5.41) is 0.360. The first-order valence-corrected chi connectivity index (χ1v) is 4.30. The molecule has 1 rings (SSSR count). The minimum atomic E-state index is -2.58. The summed E-state index contributed by atoms with van der Waals surface area (Å²) in [6.07, 6.45) is 0. The number of anilines is 1. The zero-order valence-corrected chi connectivity index (χ0v) is 7.39. The lowest BCUT2D eigenvalue weighted by Crippen LogP contribution is -1.98.